The molecule has 0 saturated carbocycles. The molecular formula is C13H18FNO. The molecule has 0 fully saturated rings. The SMILES string of the molecule is CCCCc1cc(F)c2occc2c1.CN. The van der Waals surface area contributed by atoms with Crippen LogP contribution in [0.4, 0.5) is 4.39 Å². The Morgan fingerprint density at radius 1 is 1.31 bits per heavy atom. The van der Waals surface area contributed by atoms with E-state index in [0.29, 0.717) is 5.58 Å². The van der Waals surface area contributed by atoms with E-state index in [1.165, 1.54) is 13.3 Å². The van der Waals surface area contributed by atoms with Crippen LogP contribution < -0.4 is 5.73 Å². The molecule has 2 N–H and O–H groups in total. The number of unbranched alkanes of at least 4 members (excludes halogenated alkanes) is 1. The van der Waals surface area contributed by atoms with Gasteiger partial charge in [0.25, 0.3) is 0 Å². The highest BCUT2D eigenvalue weighted by atomic mass is 19.1. The molecule has 0 aliphatic rings. The number of fused-ring (bicyclic) bond motifs is 1. The molecule has 88 valence electrons. The molecule has 0 bridgehead atoms. The minimum Gasteiger partial charge on any atom is -0.461 e. The van der Waals surface area contributed by atoms with Crippen molar-refractivity contribution >= 4 is 11.0 Å². The molecule has 2 rings (SSSR count). The quantitative estimate of drug-likeness (QED) is 0.865. The van der Waals surface area contributed by atoms with E-state index < -0.39 is 0 Å². The zero-order chi connectivity index (χ0) is 12.0. The van der Waals surface area contributed by atoms with Gasteiger partial charge in [-0.3, -0.25) is 0 Å². The summed E-state index contributed by atoms with van der Waals surface area (Å²) in [5, 5.41) is 0.858. The van der Waals surface area contributed by atoms with Crippen molar-refractivity contribution in [1.29, 1.82) is 0 Å². The molecule has 0 amide bonds. The van der Waals surface area contributed by atoms with Crippen LogP contribution in [0.5, 0.6) is 0 Å². The van der Waals surface area contributed by atoms with E-state index in [1.807, 2.05) is 6.07 Å². The van der Waals surface area contributed by atoms with Crippen molar-refractivity contribution in [3.05, 3.63) is 35.8 Å². The van der Waals surface area contributed by atoms with Gasteiger partial charge in [0.05, 0.1) is 6.26 Å². The zero-order valence-electron chi connectivity index (χ0n) is 9.79. The van der Waals surface area contributed by atoms with Crippen LogP contribution in [0.2, 0.25) is 0 Å². The molecule has 0 radical (unpaired) electrons. The largest absolute Gasteiger partial charge is 0.461 e. The lowest BCUT2D eigenvalue weighted by atomic mass is 10.1. The van der Waals surface area contributed by atoms with Crippen LogP contribution in [0, 0.1) is 5.82 Å². The van der Waals surface area contributed by atoms with Gasteiger partial charge in [-0.1, -0.05) is 13.3 Å². The van der Waals surface area contributed by atoms with E-state index in [1.54, 1.807) is 12.1 Å². The molecule has 0 saturated heterocycles. The normalized spacial score (nSPS) is 10.0. The first kappa shape index (κ1) is 12.7. The van der Waals surface area contributed by atoms with Crippen molar-refractivity contribution in [3.8, 4) is 0 Å². The maximum absolute atomic E-state index is 13.4. The number of hydrogen-bond acceptors (Lipinski definition) is 2. The molecule has 1 aromatic carbocycles. The molecule has 2 nitrogen and oxygen atoms in total. The smallest absolute Gasteiger partial charge is 0.169 e. The summed E-state index contributed by atoms with van der Waals surface area (Å²) in [6.45, 7) is 2.13. The monoisotopic (exact) mass is 223 g/mol. The highest BCUT2D eigenvalue weighted by Gasteiger charge is 2.05. The molecular weight excluding hydrogens is 205 g/mol. The fourth-order valence-corrected chi connectivity index (χ4v) is 1.62. The van der Waals surface area contributed by atoms with Crippen molar-refractivity contribution in [2.45, 2.75) is 26.2 Å². The third-order valence-corrected chi connectivity index (χ3v) is 2.38. The fourth-order valence-electron chi connectivity index (χ4n) is 1.62. The fraction of sp³-hybridized carbons (Fsp3) is 0.385. The van der Waals surface area contributed by atoms with Gasteiger partial charge in [0.2, 0.25) is 0 Å². The number of benzene rings is 1. The van der Waals surface area contributed by atoms with Crippen LogP contribution in [-0.2, 0) is 6.42 Å². The predicted octanol–water partition coefficient (Wildman–Crippen LogP) is 3.49. The topological polar surface area (TPSA) is 39.2 Å². The lowest BCUT2D eigenvalue weighted by Gasteiger charge is -2.00. The van der Waals surface area contributed by atoms with E-state index >= 15 is 0 Å². The average Bonchev–Trinajstić information content (AvgIpc) is 2.78. The van der Waals surface area contributed by atoms with Crippen molar-refractivity contribution in [2.24, 2.45) is 5.73 Å². The highest BCUT2D eigenvalue weighted by molar-refractivity contribution is 5.78. The second-order valence-electron chi connectivity index (χ2n) is 3.52. The maximum atomic E-state index is 13.4. The van der Waals surface area contributed by atoms with Gasteiger partial charge in [-0.2, -0.15) is 0 Å². The first-order valence-electron chi connectivity index (χ1n) is 5.54. The Balaban J connectivity index is 0.000000606. The number of rotatable bonds is 3. The summed E-state index contributed by atoms with van der Waals surface area (Å²) in [4.78, 5) is 0. The molecule has 2 aromatic rings. The summed E-state index contributed by atoms with van der Waals surface area (Å²) in [6, 6.07) is 5.37. The van der Waals surface area contributed by atoms with Gasteiger partial charge in [0.15, 0.2) is 11.4 Å². The molecule has 0 aliphatic carbocycles. The molecule has 0 aliphatic heterocycles. The van der Waals surface area contributed by atoms with Gasteiger partial charge in [0, 0.05) is 5.39 Å². The molecule has 0 spiro atoms. The van der Waals surface area contributed by atoms with Gasteiger partial charge in [-0.05, 0) is 43.7 Å². The Bertz CT molecular complexity index is 436. The Morgan fingerprint density at radius 2 is 2.06 bits per heavy atom. The Hall–Kier alpha value is -1.35. The van der Waals surface area contributed by atoms with Crippen molar-refractivity contribution in [2.75, 3.05) is 7.05 Å². The predicted molar refractivity (Wildman–Crippen MR) is 64.9 cm³/mol. The van der Waals surface area contributed by atoms with Crippen LogP contribution in [0.15, 0.2) is 28.9 Å². The molecule has 1 aromatic heterocycles. The van der Waals surface area contributed by atoms with Gasteiger partial charge in [-0.15, -0.1) is 0 Å². The van der Waals surface area contributed by atoms with E-state index in [0.717, 1.165) is 30.2 Å². The number of halogens is 1. The molecule has 16 heavy (non-hydrogen) atoms. The standard InChI is InChI=1S/C12H13FO.CH5N/c1-2-3-4-9-7-10-5-6-14-12(10)11(13)8-9;1-2/h5-8H,2-4H2,1H3;2H2,1H3. The van der Waals surface area contributed by atoms with Gasteiger partial charge in [0.1, 0.15) is 0 Å². The third kappa shape index (κ3) is 2.83. The van der Waals surface area contributed by atoms with Crippen molar-refractivity contribution in [1.82, 2.24) is 0 Å². The van der Waals surface area contributed by atoms with Crippen molar-refractivity contribution < 1.29 is 8.81 Å². The second kappa shape index (κ2) is 6.28. The molecule has 1 heterocycles. The summed E-state index contributed by atoms with van der Waals surface area (Å²) in [7, 11) is 1.50. The lowest BCUT2D eigenvalue weighted by molar-refractivity contribution is 0.559. The minimum atomic E-state index is -0.251. The van der Waals surface area contributed by atoms with Gasteiger partial charge in [-0.25, -0.2) is 4.39 Å². The van der Waals surface area contributed by atoms with Crippen molar-refractivity contribution in [3.63, 3.8) is 0 Å². The van der Waals surface area contributed by atoms with Crippen LogP contribution in [0.25, 0.3) is 11.0 Å². The number of hydrogen-bond donors (Lipinski definition) is 1. The lowest BCUT2D eigenvalue weighted by Crippen LogP contribution is -1.86. The molecule has 3 heteroatoms. The zero-order valence-corrected chi connectivity index (χ0v) is 9.79. The maximum Gasteiger partial charge on any atom is 0.169 e. The number of aryl methyl sites for hydroxylation is 1. The van der Waals surface area contributed by atoms with Crippen LogP contribution in [-0.4, -0.2) is 7.05 Å². The molecule has 0 atom stereocenters. The first-order valence-corrected chi connectivity index (χ1v) is 5.54. The van der Waals surface area contributed by atoms with E-state index in [4.69, 9.17) is 4.42 Å². The molecule has 0 unspecified atom stereocenters. The van der Waals surface area contributed by atoms with E-state index in [9.17, 15) is 4.39 Å². The second-order valence-corrected chi connectivity index (χ2v) is 3.52. The van der Waals surface area contributed by atoms with Gasteiger partial charge >= 0.3 is 0 Å². The summed E-state index contributed by atoms with van der Waals surface area (Å²) < 4.78 is 18.4. The van der Waals surface area contributed by atoms with Crippen LogP contribution in [0.1, 0.15) is 25.3 Å². The van der Waals surface area contributed by atoms with E-state index in [-0.39, 0.29) is 5.82 Å². The van der Waals surface area contributed by atoms with Crippen LogP contribution >= 0.6 is 0 Å². The minimum absolute atomic E-state index is 0.251. The number of nitrogens with two attached hydrogens (primary N) is 1. The summed E-state index contributed by atoms with van der Waals surface area (Å²) in [6.07, 6.45) is 4.69. The highest BCUT2D eigenvalue weighted by Crippen LogP contribution is 2.21. The first-order chi connectivity index (χ1) is 7.81. The van der Waals surface area contributed by atoms with Gasteiger partial charge < -0.3 is 10.2 Å². The summed E-state index contributed by atoms with van der Waals surface area (Å²) in [5.74, 6) is -0.251. The summed E-state index contributed by atoms with van der Waals surface area (Å²) in [5.41, 5.74) is 5.92. The third-order valence-electron chi connectivity index (χ3n) is 2.38. The number of furan rings is 1. The Morgan fingerprint density at radius 3 is 2.75 bits per heavy atom. The van der Waals surface area contributed by atoms with Crippen LogP contribution in [0.3, 0.4) is 0 Å². The Labute approximate surface area is 95.2 Å². The van der Waals surface area contributed by atoms with E-state index in [2.05, 4.69) is 12.7 Å². The summed E-state index contributed by atoms with van der Waals surface area (Å²) >= 11 is 0. The average molecular weight is 223 g/mol. The Kier molecular flexibility index (Phi) is 4.99.